The molecule has 3 heteroatoms. The molecule has 0 amide bonds. The van der Waals surface area contributed by atoms with Crippen LogP contribution in [-0.2, 0) is 0 Å². The minimum absolute atomic E-state index is 0. The Kier molecular flexibility index (Phi) is 8.91. The molecule has 0 radical (unpaired) electrons. The summed E-state index contributed by atoms with van der Waals surface area (Å²) >= 11 is 0. The minimum atomic E-state index is -0.113. The van der Waals surface area contributed by atoms with E-state index >= 15 is 0 Å². The molecule has 1 atom stereocenters. The standard InChI is InChI=1S/C7H15NO.ClH/c1-3-6(2)4-7(8)5-9;/h7,9H,2-5,8H2,1H3;1H. The molecular formula is C7H16ClNO. The van der Waals surface area contributed by atoms with Crippen molar-refractivity contribution in [1.82, 2.24) is 0 Å². The maximum absolute atomic E-state index is 8.51. The molecule has 1 unspecified atom stereocenters. The Morgan fingerprint density at radius 3 is 2.50 bits per heavy atom. The number of nitrogens with two attached hydrogens (primary N) is 1. The molecule has 0 fully saturated rings. The zero-order valence-electron chi connectivity index (χ0n) is 6.34. The van der Waals surface area contributed by atoms with Gasteiger partial charge in [-0.25, -0.2) is 0 Å². The first-order valence-corrected chi connectivity index (χ1v) is 3.23. The van der Waals surface area contributed by atoms with Crippen molar-refractivity contribution in [3.63, 3.8) is 0 Å². The van der Waals surface area contributed by atoms with Crippen molar-refractivity contribution in [2.45, 2.75) is 25.8 Å². The van der Waals surface area contributed by atoms with Gasteiger partial charge in [0, 0.05) is 6.04 Å². The Bertz CT molecular complexity index is 95.6. The van der Waals surface area contributed by atoms with Gasteiger partial charge in [0.2, 0.25) is 0 Å². The van der Waals surface area contributed by atoms with E-state index in [1.54, 1.807) is 0 Å². The number of hydrogen-bond donors (Lipinski definition) is 2. The van der Waals surface area contributed by atoms with Gasteiger partial charge in [0.1, 0.15) is 0 Å². The molecule has 0 rings (SSSR count). The van der Waals surface area contributed by atoms with E-state index in [9.17, 15) is 0 Å². The fourth-order valence-corrected chi connectivity index (χ4v) is 0.580. The zero-order chi connectivity index (χ0) is 7.28. The summed E-state index contributed by atoms with van der Waals surface area (Å²) in [5.41, 5.74) is 6.55. The molecule has 0 aromatic heterocycles. The highest BCUT2D eigenvalue weighted by atomic mass is 35.5. The average Bonchev–Trinajstić information content (AvgIpc) is 1.87. The van der Waals surface area contributed by atoms with Crippen LogP contribution >= 0.6 is 12.4 Å². The molecule has 0 bridgehead atoms. The normalized spacial score (nSPS) is 11.9. The number of halogens is 1. The lowest BCUT2D eigenvalue weighted by molar-refractivity contribution is 0.264. The predicted octanol–water partition coefficient (Wildman–Crippen LogP) is 1.08. The lowest BCUT2D eigenvalue weighted by Crippen LogP contribution is -2.24. The van der Waals surface area contributed by atoms with E-state index in [2.05, 4.69) is 6.58 Å². The van der Waals surface area contributed by atoms with Crippen LogP contribution in [-0.4, -0.2) is 17.8 Å². The smallest absolute Gasteiger partial charge is 0.0585 e. The summed E-state index contributed by atoms with van der Waals surface area (Å²) in [5.74, 6) is 0. The molecular weight excluding hydrogens is 150 g/mol. The number of rotatable bonds is 4. The monoisotopic (exact) mass is 165 g/mol. The summed E-state index contributed by atoms with van der Waals surface area (Å²) in [6, 6.07) is -0.113. The lowest BCUT2D eigenvalue weighted by atomic mass is 10.1. The minimum Gasteiger partial charge on any atom is -0.395 e. The lowest BCUT2D eigenvalue weighted by Gasteiger charge is -2.07. The highest BCUT2D eigenvalue weighted by Crippen LogP contribution is 2.03. The van der Waals surface area contributed by atoms with Crippen LogP contribution in [0.3, 0.4) is 0 Å². The van der Waals surface area contributed by atoms with Crippen molar-refractivity contribution in [3.05, 3.63) is 12.2 Å². The van der Waals surface area contributed by atoms with Gasteiger partial charge >= 0.3 is 0 Å². The van der Waals surface area contributed by atoms with E-state index in [0.717, 1.165) is 18.4 Å². The van der Waals surface area contributed by atoms with Gasteiger partial charge in [-0.15, -0.1) is 12.4 Å². The highest BCUT2D eigenvalue weighted by molar-refractivity contribution is 5.85. The van der Waals surface area contributed by atoms with Crippen LogP contribution in [0.15, 0.2) is 12.2 Å². The van der Waals surface area contributed by atoms with E-state index in [-0.39, 0.29) is 25.1 Å². The quantitative estimate of drug-likeness (QED) is 0.613. The molecule has 0 spiro atoms. The van der Waals surface area contributed by atoms with Crippen LogP contribution in [0.5, 0.6) is 0 Å². The van der Waals surface area contributed by atoms with Gasteiger partial charge in [-0.2, -0.15) is 0 Å². The van der Waals surface area contributed by atoms with Crippen molar-refractivity contribution in [1.29, 1.82) is 0 Å². The molecule has 0 saturated heterocycles. The third-order valence-electron chi connectivity index (χ3n) is 1.29. The van der Waals surface area contributed by atoms with Crippen molar-refractivity contribution in [2.24, 2.45) is 5.73 Å². The Hall–Kier alpha value is -0.0500. The van der Waals surface area contributed by atoms with E-state index < -0.39 is 0 Å². The molecule has 0 aromatic carbocycles. The van der Waals surface area contributed by atoms with Gasteiger partial charge in [0.15, 0.2) is 0 Å². The van der Waals surface area contributed by atoms with Gasteiger partial charge in [-0.1, -0.05) is 19.1 Å². The van der Waals surface area contributed by atoms with Gasteiger partial charge in [-0.3, -0.25) is 0 Å². The fourth-order valence-electron chi connectivity index (χ4n) is 0.580. The van der Waals surface area contributed by atoms with Crippen molar-refractivity contribution < 1.29 is 5.11 Å². The summed E-state index contributed by atoms with van der Waals surface area (Å²) in [7, 11) is 0. The second-order valence-electron chi connectivity index (χ2n) is 2.25. The topological polar surface area (TPSA) is 46.2 Å². The summed E-state index contributed by atoms with van der Waals surface area (Å²) in [6.45, 7) is 5.86. The van der Waals surface area contributed by atoms with Gasteiger partial charge in [-0.05, 0) is 12.8 Å². The molecule has 0 aliphatic rings. The zero-order valence-corrected chi connectivity index (χ0v) is 7.16. The predicted molar refractivity (Wildman–Crippen MR) is 46.4 cm³/mol. The second kappa shape index (κ2) is 7.06. The second-order valence-corrected chi connectivity index (χ2v) is 2.25. The Labute approximate surface area is 68.5 Å². The summed E-state index contributed by atoms with van der Waals surface area (Å²) < 4.78 is 0. The van der Waals surface area contributed by atoms with Gasteiger partial charge in [0.05, 0.1) is 6.61 Å². The summed E-state index contributed by atoms with van der Waals surface area (Å²) in [6.07, 6.45) is 1.70. The molecule has 10 heavy (non-hydrogen) atoms. The van der Waals surface area contributed by atoms with E-state index in [0.29, 0.717) is 0 Å². The number of aliphatic hydroxyl groups excluding tert-OH is 1. The highest BCUT2D eigenvalue weighted by Gasteiger charge is 1.99. The van der Waals surface area contributed by atoms with E-state index in [1.807, 2.05) is 6.92 Å². The largest absolute Gasteiger partial charge is 0.395 e. The first-order chi connectivity index (χ1) is 4.20. The van der Waals surface area contributed by atoms with Gasteiger partial charge in [0.25, 0.3) is 0 Å². The SMILES string of the molecule is C=C(CC)CC(N)CO.Cl. The van der Waals surface area contributed by atoms with Crippen LogP contribution in [0.2, 0.25) is 0 Å². The molecule has 0 aliphatic heterocycles. The van der Waals surface area contributed by atoms with Crippen LogP contribution < -0.4 is 5.73 Å². The van der Waals surface area contributed by atoms with Crippen LogP contribution in [0.1, 0.15) is 19.8 Å². The Morgan fingerprint density at radius 1 is 1.70 bits per heavy atom. The maximum Gasteiger partial charge on any atom is 0.0585 e. The average molecular weight is 166 g/mol. The summed E-state index contributed by atoms with van der Waals surface area (Å²) in [4.78, 5) is 0. The third-order valence-corrected chi connectivity index (χ3v) is 1.29. The fraction of sp³-hybridized carbons (Fsp3) is 0.714. The van der Waals surface area contributed by atoms with Crippen LogP contribution in [0, 0.1) is 0 Å². The molecule has 3 N–H and O–H groups in total. The number of hydrogen-bond acceptors (Lipinski definition) is 2. The molecule has 0 saturated carbocycles. The maximum atomic E-state index is 8.51. The van der Waals surface area contributed by atoms with Crippen molar-refractivity contribution >= 4 is 12.4 Å². The Morgan fingerprint density at radius 2 is 2.20 bits per heavy atom. The molecule has 62 valence electrons. The van der Waals surface area contributed by atoms with Gasteiger partial charge < -0.3 is 10.8 Å². The van der Waals surface area contributed by atoms with Crippen molar-refractivity contribution in [3.8, 4) is 0 Å². The number of aliphatic hydroxyl groups is 1. The molecule has 2 nitrogen and oxygen atoms in total. The Balaban J connectivity index is 0. The molecule has 0 heterocycles. The molecule has 0 aromatic rings. The van der Waals surface area contributed by atoms with Crippen molar-refractivity contribution in [2.75, 3.05) is 6.61 Å². The van der Waals surface area contributed by atoms with E-state index in [4.69, 9.17) is 10.8 Å². The van der Waals surface area contributed by atoms with E-state index in [1.165, 1.54) is 0 Å². The first-order valence-electron chi connectivity index (χ1n) is 3.23. The third kappa shape index (κ3) is 6.08. The summed E-state index contributed by atoms with van der Waals surface area (Å²) in [5, 5.41) is 8.51. The van der Waals surface area contributed by atoms with Crippen LogP contribution in [0.4, 0.5) is 0 Å². The molecule has 0 aliphatic carbocycles. The van der Waals surface area contributed by atoms with Crippen LogP contribution in [0.25, 0.3) is 0 Å². The first kappa shape index (κ1) is 12.6.